The fourth-order valence-corrected chi connectivity index (χ4v) is 4.09. The first kappa shape index (κ1) is 14.5. The zero-order chi connectivity index (χ0) is 14.0. The highest BCUT2D eigenvalue weighted by atomic mass is 79.9. The van der Waals surface area contributed by atoms with Gasteiger partial charge in [0.25, 0.3) is 0 Å². The van der Waals surface area contributed by atoms with E-state index in [4.69, 9.17) is 5.11 Å². The van der Waals surface area contributed by atoms with E-state index >= 15 is 0 Å². The number of pyridine rings is 1. The summed E-state index contributed by atoms with van der Waals surface area (Å²) >= 11 is 6.36. The van der Waals surface area contributed by atoms with Gasteiger partial charge in [-0.05, 0) is 53.2 Å². The number of nitrogens with zero attached hydrogens (tertiary/aromatic N) is 2. The number of hydrogen-bond donors (Lipinski definition) is 1. The topological polar surface area (TPSA) is 63.1 Å². The van der Waals surface area contributed by atoms with E-state index in [0.717, 1.165) is 30.0 Å². The Kier molecular flexibility index (Phi) is 4.59. The van der Waals surface area contributed by atoms with Crippen LogP contribution in [0.5, 0.6) is 0 Å². The molecule has 0 unspecified atom stereocenters. The SMILES string of the molecule is Cc1ccnc(Sc2nc(C)c(CC(=O)O)s2)c1Br. The molecule has 0 saturated heterocycles. The zero-order valence-corrected chi connectivity index (χ0v) is 13.5. The second-order valence-corrected chi connectivity index (χ2v) is 7.02. The summed E-state index contributed by atoms with van der Waals surface area (Å²) in [7, 11) is 0. The van der Waals surface area contributed by atoms with Crippen molar-refractivity contribution < 1.29 is 9.90 Å². The molecule has 2 heterocycles. The van der Waals surface area contributed by atoms with Crippen LogP contribution in [0.3, 0.4) is 0 Å². The fraction of sp³-hybridized carbons (Fsp3) is 0.250. The second-order valence-electron chi connectivity index (χ2n) is 3.91. The Morgan fingerprint density at radius 1 is 1.53 bits per heavy atom. The van der Waals surface area contributed by atoms with Crippen molar-refractivity contribution >= 4 is 45.0 Å². The minimum Gasteiger partial charge on any atom is -0.481 e. The van der Waals surface area contributed by atoms with Crippen molar-refractivity contribution in [1.82, 2.24) is 9.97 Å². The Bertz CT molecular complexity index is 628. The molecule has 0 aliphatic carbocycles. The number of aromatic nitrogens is 2. The first-order valence-electron chi connectivity index (χ1n) is 5.44. The van der Waals surface area contributed by atoms with Gasteiger partial charge in [0.2, 0.25) is 0 Å². The van der Waals surface area contributed by atoms with Crippen LogP contribution in [-0.4, -0.2) is 21.0 Å². The summed E-state index contributed by atoms with van der Waals surface area (Å²) in [6.45, 7) is 3.83. The molecule has 0 saturated carbocycles. The standard InChI is InChI=1S/C12H11BrN2O2S2/c1-6-3-4-14-11(10(6)13)19-12-15-7(2)8(18-12)5-9(16)17/h3-4H,5H2,1-2H3,(H,16,17). The Hall–Kier alpha value is -0.920. The molecule has 0 amide bonds. The third kappa shape index (κ3) is 3.55. The molecular formula is C12H11BrN2O2S2. The van der Waals surface area contributed by atoms with Gasteiger partial charge in [-0.3, -0.25) is 4.79 Å². The monoisotopic (exact) mass is 358 g/mol. The lowest BCUT2D eigenvalue weighted by atomic mass is 10.3. The zero-order valence-electron chi connectivity index (χ0n) is 10.3. The fourth-order valence-electron chi connectivity index (χ4n) is 1.42. The lowest BCUT2D eigenvalue weighted by molar-refractivity contribution is -0.136. The molecule has 2 aromatic heterocycles. The molecule has 2 aromatic rings. The molecule has 2 rings (SSSR count). The van der Waals surface area contributed by atoms with Crippen molar-refractivity contribution in [3.63, 3.8) is 0 Å². The third-order valence-electron chi connectivity index (χ3n) is 2.42. The van der Waals surface area contributed by atoms with E-state index in [-0.39, 0.29) is 6.42 Å². The number of rotatable bonds is 4. The second kappa shape index (κ2) is 6.02. The maximum atomic E-state index is 10.7. The molecule has 0 radical (unpaired) electrons. The number of aliphatic carboxylic acids is 1. The van der Waals surface area contributed by atoms with Crippen LogP contribution in [0, 0.1) is 13.8 Å². The van der Waals surface area contributed by atoms with Gasteiger partial charge in [0.1, 0.15) is 5.03 Å². The highest BCUT2D eigenvalue weighted by Gasteiger charge is 2.14. The lowest BCUT2D eigenvalue weighted by Crippen LogP contribution is -1.99. The molecule has 0 aliphatic heterocycles. The minimum atomic E-state index is -0.835. The average molecular weight is 359 g/mol. The van der Waals surface area contributed by atoms with Crippen LogP contribution in [0.4, 0.5) is 0 Å². The first-order valence-corrected chi connectivity index (χ1v) is 7.87. The molecule has 1 N–H and O–H groups in total. The molecule has 0 fully saturated rings. The van der Waals surface area contributed by atoms with Crippen molar-refractivity contribution in [1.29, 1.82) is 0 Å². The molecule has 100 valence electrons. The molecule has 19 heavy (non-hydrogen) atoms. The number of carboxylic acid groups (broad SMARTS) is 1. The molecule has 0 spiro atoms. The summed E-state index contributed by atoms with van der Waals surface area (Å²) in [6.07, 6.45) is 1.77. The van der Waals surface area contributed by atoms with Crippen LogP contribution in [0.15, 0.2) is 26.1 Å². The van der Waals surface area contributed by atoms with Crippen molar-refractivity contribution in [2.75, 3.05) is 0 Å². The van der Waals surface area contributed by atoms with E-state index in [0.29, 0.717) is 0 Å². The lowest BCUT2D eigenvalue weighted by Gasteiger charge is -2.02. The van der Waals surface area contributed by atoms with E-state index < -0.39 is 5.97 Å². The number of aryl methyl sites for hydroxylation is 2. The smallest absolute Gasteiger partial charge is 0.308 e. The Balaban J connectivity index is 2.24. The molecule has 4 nitrogen and oxygen atoms in total. The van der Waals surface area contributed by atoms with Crippen molar-refractivity contribution in [3.05, 3.63) is 32.9 Å². The number of halogens is 1. The van der Waals surface area contributed by atoms with Crippen LogP contribution < -0.4 is 0 Å². The van der Waals surface area contributed by atoms with Crippen molar-refractivity contribution in [3.8, 4) is 0 Å². The number of hydrogen-bond acceptors (Lipinski definition) is 5. The van der Waals surface area contributed by atoms with Crippen LogP contribution in [0.25, 0.3) is 0 Å². The van der Waals surface area contributed by atoms with E-state index in [1.807, 2.05) is 19.9 Å². The number of thiazole rings is 1. The predicted octanol–water partition coefficient (Wildman–Crippen LogP) is 3.70. The molecular weight excluding hydrogens is 348 g/mol. The van der Waals surface area contributed by atoms with Gasteiger partial charge in [-0.2, -0.15) is 0 Å². The summed E-state index contributed by atoms with van der Waals surface area (Å²) in [5.74, 6) is -0.835. The van der Waals surface area contributed by atoms with Gasteiger partial charge in [0, 0.05) is 11.1 Å². The van der Waals surface area contributed by atoms with Crippen molar-refractivity contribution in [2.24, 2.45) is 0 Å². The normalized spacial score (nSPS) is 10.7. The highest BCUT2D eigenvalue weighted by Crippen LogP contribution is 2.36. The van der Waals surface area contributed by atoms with Crippen LogP contribution >= 0.6 is 39.0 Å². The maximum Gasteiger partial charge on any atom is 0.308 e. The van der Waals surface area contributed by atoms with Gasteiger partial charge in [-0.1, -0.05) is 0 Å². The molecule has 0 aromatic carbocycles. The Morgan fingerprint density at radius 2 is 2.26 bits per heavy atom. The molecule has 0 aliphatic rings. The molecule has 0 bridgehead atoms. The highest BCUT2D eigenvalue weighted by molar-refractivity contribution is 9.10. The Morgan fingerprint density at radius 3 is 2.95 bits per heavy atom. The summed E-state index contributed by atoms with van der Waals surface area (Å²) in [5, 5.41) is 9.67. The summed E-state index contributed by atoms with van der Waals surface area (Å²) < 4.78 is 1.76. The van der Waals surface area contributed by atoms with Crippen molar-refractivity contribution in [2.45, 2.75) is 29.6 Å². The van der Waals surface area contributed by atoms with Crippen LogP contribution in [0.2, 0.25) is 0 Å². The van der Waals surface area contributed by atoms with Crippen LogP contribution in [0.1, 0.15) is 16.1 Å². The largest absolute Gasteiger partial charge is 0.481 e. The van der Waals surface area contributed by atoms with E-state index in [1.165, 1.54) is 23.1 Å². The molecule has 0 atom stereocenters. The Labute approximate surface area is 127 Å². The van der Waals surface area contributed by atoms with Gasteiger partial charge < -0.3 is 5.11 Å². The summed E-state index contributed by atoms with van der Waals surface area (Å²) in [5.41, 5.74) is 1.88. The van der Waals surface area contributed by atoms with Gasteiger partial charge in [0.15, 0.2) is 4.34 Å². The average Bonchev–Trinajstić information content (AvgIpc) is 2.65. The van der Waals surface area contributed by atoms with E-state index in [2.05, 4.69) is 25.9 Å². The molecule has 7 heteroatoms. The first-order chi connectivity index (χ1) is 8.97. The quantitative estimate of drug-likeness (QED) is 0.902. The number of carboxylic acids is 1. The van der Waals surface area contributed by atoms with E-state index in [9.17, 15) is 4.79 Å². The van der Waals surface area contributed by atoms with Gasteiger partial charge in [-0.15, -0.1) is 11.3 Å². The van der Waals surface area contributed by atoms with Gasteiger partial charge in [-0.25, -0.2) is 9.97 Å². The summed E-state index contributed by atoms with van der Waals surface area (Å²) in [4.78, 5) is 20.2. The maximum absolute atomic E-state index is 10.7. The van der Waals surface area contributed by atoms with E-state index in [1.54, 1.807) is 6.20 Å². The minimum absolute atomic E-state index is 0.0203. The van der Waals surface area contributed by atoms with Gasteiger partial charge in [0.05, 0.1) is 16.6 Å². The van der Waals surface area contributed by atoms with Crippen LogP contribution in [-0.2, 0) is 11.2 Å². The number of carbonyl (C=O) groups is 1. The predicted molar refractivity (Wildman–Crippen MR) is 79.0 cm³/mol. The van der Waals surface area contributed by atoms with Gasteiger partial charge >= 0.3 is 5.97 Å². The third-order valence-corrected chi connectivity index (χ3v) is 5.90. The summed E-state index contributed by atoms with van der Waals surface area (Å²) in [6, 6.07) is 1.93.